The standard InChI is InChI=1S/C43H45N7O6/c1-54-42(52)47-33-11-5-6-24-55-27-35-38(48-40(46-35)37-13-7-22-49(37)41(33)51)32-20-16-30(17-21-32)29-14-18-31(19-15-29)34-25-44-39(45-34)36-12-8-23-50(36)43(53)56-26-28-9-3-2-4-10-28/h2-6,9-10,14-21,25,33,36-37H,7-8,11-13,22-24,26-27H2,1H3,(H,44,45)(H,46,48)(H,47,52)/b6-5+. The zero-order valence-corrected chi connectivity index (χ0v) is 31.3. The number of amides is 3. The summed E-state index contributed by atoms with van der Waals surface area (Å²) in [4.78, 5) is 59.0. The van der Waals surface area contributed by atoms with Crippen molar-refractivity contribution in [3.63, 3.8) is 0 Å². The number of nitrogens with one attached hydrogen (secondary N) is 3. The third kappa shape index (κ3) is 7.94. The van der Waals surface area contributed by atoms with Crippen molar-refractivity contribution >= 4 is 18.1 Å². The number of carbonyl (C=O) groups is 3. The Morgan fingerprint density at radius 3 is 2.34 bits per heavy atom. The molecule has 2 bridgehead atoms. The molecule has 5 heterocycles. The molecule has 8 rings (SSSR count). The molecule has 3 atom stereocenters. The summed E-state index contributed by atoms with van der Waals surface area (Å²) in [7, 11) is 1.29. The Balaban J connectivity index is 0.955. The molecule has 13 nitrogen and oxygen atoms in total. The lowest BCUT2D eigenvalue weighted by Crippen LogP contribution is -2.48. The summed E-state index contributed by atoms with van der Waals surface area (Å²) in [5.74, 6) is 1.30. The van der Waals surface area contributed by atoms with Crippen LogP contribution in [0.25, 0.3) is 33.6 Å². The van der Waals surface area contributed by atoms with Crippen LogP contribution in [0.4, 0.5) is 9.59 Å². The molecule has 3 unspecified atom stereocenters. The zero-order valence-electron chi connectivity index (χ0n) is 31.3. The highest BCUT2D eigenvalue weighted by atomic mass is 16.6. The molecule has 0 aliphatic carbocycles. The summed E-state index contributed by atoms with van der Waals surface area (Å²) in [5.41, 5.74) is 7.51. The van der Waals surface area contributed by atoms with Crippen LogP contribution >= 0.6 is 0 Å². The summed E-state index contributed by atoms with van der Waals surface area (Å²) in [5, 5.41) is 2.70. The molecule has 3 aliphatic rings. The number of imidazole rings is 2. The van der Waals surface area contributed by atoms with Crippen LogP contribution in [0.5, 0.6) is 0 Å². The number of methoxy groups -OCH3 is 1. The monoisotopic (exact) mass is 755 g/mol. The van der Waals surface area contributed by atoms with Crippen molar-refractivity contribution in [1.29, 1.82) is 0 Å². The highest BCUT2D eigenvalue weighted by Crippen LogP contribution is 2.36. The van der Waals surface area contributed by atoms with Gasteiger partial charge in [-0.15, -0.1) is 0 Å². The van der Waals surface area contributed by atoms with Crippen molar-refractivity contribution in [2.75, 3.05) is 26.8 Å². The number of likely N-dealkylation sites (tertiary alicyclic amines) is 1. The summed E-state index contributed by atoms with van der Waals surface area (Å²) in [6.45, 7) is 2.12. The maximum Gasteiger partial charge on any atom is 0.410 e. The topological polar surface area (TPSA) is 155 Å². The lowest BCUT2D eigenvalue weighted by atomic mass is 10.0. The molecular weight excluding hydrogens is 711 g/mol. The van der Waals surface area contributed by atoms with Gasteiger partial charge in [0.25, 0.3) is 0 Å². The second-order valence-electron chi connectivity index (χ2n) is 14.3. The predicted octanol–water partition coefficient (Wildman–Crippen LogP) is 7.47. The van der Waals surface area contributed by atoms with Crippen molar-refractivity contribution < 1.29 is 28.6 Å². The molecule has 3 N–H and O–H groups in total. The Bertz CT molecular complexity index is 2180. The number of carbonyl (C=O) groups excluding carboxylic acids is 3. The summed E-state index contributed by atoms with van der Waals surface area (Å²) in [6, 6.07) is 25.1. The minimum atomic E-state index is -0.751. The molecule has 0 saturated carbocycles. The second kappa shape index (κ2) is 16.7. The maximum absolute atomic E-state index is 13.7. The average Bonchev–Trinajstić information content (AvgIpc) is 4.07. The van der Waals surface area contributed by atoms with Gasteiger partial charge in [-0.1, -0.05) is 91.0 Å². The van der Waals surface area contributed by atoms with Gasteiger partial charge in [-0.3, -0.25) is 9.69 Å². The Hall–Kier alpha value is -6.21. The van der Waals surface area contributed by atoms with E-state index < -0.39 is 12.1 Å². The van der Waals surface area contributed by atoms with Crippen LogP contribution in [-0.2, 0) is 32.2 Å². The van der Waals surface area contributed by atoms with Gasteiger partial charge in [0.1, 0.15) is 24.3 Å². The summed E-state index contributed by atoms with van der Waals surface area (Å²) < 4.78 is 16.4. The lowest BCUT2D eigenvalue weighted by molar-refractivity contribution is -0.134. The zero-order chi connectivity index (χ0) is 38.4. The largest absolute Gasteiger partial charge is 0.453 e. The highest BCUT2D eigenvalue weighted by molar-refractivity contribution is 5.86. The van der Waals surface area contributed by atoms with Gasteiger partial charge in [0, 0.05) is 18.7 Å². The molecule has 56 heavy (non-hydrogen) atoms. The van der Waals surface area contributed by atoms with Crippen LogP contribution in [-0.4, -0.2) is 80.7 Å². The van der Waals surface area contributed by atoms with Crippen molar-refractivity contribution in [1.82, 2.24) is 35.1 Å². The van der Waals surface area contributed by atoms with Crippen molar-refractivity contribution in [2.45, 2.75) is 63.4 Å². The minimum Gasteiger partial charge on any atom is -0.453 e. The van der Waals surface area contributed by atoms with E-state index in [1.54, 1.807) is 4.90 Å². The van der Waals surface area contributed by atoms with Gasteiger partial charge in [0.2, 0.25) is 5.91 Å². The Morgan fingerprint density at radius 2 is 1.57 bits per heavy atom. The molecule has 2 saturated heterocycles. The minimum absolute atomic E-state index is 0.160. The molecule has 2 fully saturated rings. The first-order valence-corrected chi connectivity index (χ1v) is 19.1. The number of fused-ring (bicyclic) bond motifs is 4. The molecule has 288 valence electrons. The number of aromatic nitrogens is 4. The average molecular weight is 756 g/mol. The number of hydrogen-bond donors (Lipinski definition) is 3. The molecule has 0 radical (unpaired) electrons. The molecule has 3 aromatic carbocycles. The van der Waals surface area contributed by atoms with Crippen LogP contribution in [0.15, 0.2) is 97.2 Å². The Morgan fingerprint density at radius 1 is 0.857 bits per heavy atom. The molecule has 3 aliphatic heterocycles. The van der Waals surface area contributed by atoms with Crippen LogP contribution in [0.2, 0.25) is 0 Å². The van der Waals surface area contributed by atoms with Gasteiger partial charge in [0.05, 0.1) is 55.7 Å². The molecular formula is C43H45N7O6. The third-order valence-corrected chi connectivity index (χ3v) is 10.7. The van der Waals surface area contributed by atoms with Crippen LogP contribution in [0.1, 0.15) is 67.1 Å². The first-order chi connectivity index (χ1) is 27.4. The normalized spacial score (nSPS) is 20.4. The second-order valence-corrected chi connectivity index (χ2v) is 14.3. The number of aromatic amines is 2. The van der Waals surface area contributed by atoms with E-state index in [1.807, 2.05) is 53.6 Å². The first kappa shape index (κ1) is 36.8. The smallest absolute Gasteiger partial charge is 0.410 e. The van der Waals surface area contributed by atoms with Gasteiger partial charge in [-0.25, -0.2) is 19.6 Å². The van der Waals surface area contributed by atoms with Crippen LogP contribution in [0.3, 0.4) is 0 Å². The van der Waals surface area contributed by atoms with E-state index in [-0.39, 0.29) is 30.7 Å². The van der Waals surface area contributed by atoms with Gasteiger partial charge in [-0.2, -0.15) is 0 Å². The lowest BCUT2D eigenvalue weighted by Gasteiger charge is -2.27. The number of alkyl carbamates (subject to hydrolysis) is 1. The fourth-order valence-electron chi connectivity index (χ4n) is 7.78. The van der Waals surface area contributed by atoms with Crippen molar-refractivity contribution in [2.24, 2.45) is 0 Å². The number of rotatable bonds is 7. The quantitative estimate of drug-likeness (QED) is 0.145. The van der Waals surface area contributed by atoms with Gasteiger partial charge >= 0.3 is 12.2 Å². The molecule has 2 aromatic heterocycles. The van der Waals surface area contributed by atoms with E-state index in [1.165, 1.54) is 7.11 Å². The Labute approximate surface area is 325 Å². The first-order valence-electron chi connectivity index (χ1n) is 19.1. The fraction of sp³-hybridized carbons (Fsp3) is 0.326. The van der Waals surface area contributed by atoms with Crippen LogP contribution < -0.4 is 5.32 Å². The van der Waals surface area contributed by atoms with E-state index in [2.05, 4.69) is 68.8 Å². The molecule has 13 heteroatoms. The predicted molar refractivity (Wildman–Crippen MR) is 209 cm³/mol. The Kier molecular flexibility index (Phi) is 10.9. The number of nitrogens with zero attached hydrogens (tertiary/aromatic N) is 4. The highest BCUT2D eigenvalue weighted by Gasteiger charge is 2.37. The fourth-order valence-corrected chi connectivity index (χ4v) is 7.78. The summed E-state index contributed by atoms with van der Waals surface area (Å²) in [6.07, 6.45) is 8.21. The third-order valence-electron chi connectivity index (χ3n) is 10.7. The molecule has 5 aromatic rings. The molecule has 0 spiro atoms. The van der Waals surface area contributed by atoms with Gasteiger partial charge in [0.15, 0.2) is 0 Å². The van der Waals surface area contributed by atoms with Gasteiger partial charge < -0.3 is 34.4 Å². The van der Waals surface area contributed by atoms with Crippen molar-refractivity contribution in [3.05, 3.63) is 120 Å². The maximum atomic E-state index is 13.7. The SMILES string of the molecule is COC(=O)NC1C/C=C/COCc2[nH]c(nc2-c2ccc(-c3ccc(-c4cnc(C5CCCN5C(=O)OCc5ccccc5)[nH]4)cc3)cc2)C2CCCN2C1=O. The number of H-pyrrole nitrogens is 2. The van der Waals surface area contributed by atoms with Gasteiger partial charge in [-0.05, 0) is 54.4 Å². The van der Waals surface area contributed by atoms with E-state index in [9.17, 15) is 14.4 Å². The summed E-state index contributed by atoms with van der Waals surface area (Å²) >= 11 is 0. The number of ether oxygens (including phenoxy) is 3. The van der Waals surface area contributed by atoms with Crippen molar-refractivity contribution in [3.8, 4) is 33.6 Å². The van der Waals surface area contributed by atoms with E-state index in [0.717, 1.165) is 76.4 Å². The van der Waals surface area contributed by atoms with Crippen LogP contribution in [0, 0.1) is 0 Å². The van der Waals surface area contributed by atoms with E-state index in [0.29, 0.717) is 38.5 Å². The van der Waals surface area contributed by atoms with E-state index >= 15 is 0 Å². The van der Waals surface area contributed by atoms with E-state index in [4.69, 9.17) is 19.2 Å². The molecule has 3 amide bonds. The number of hydrogen-bond acceptors (Lipinski definition) is 8. The number of benzene rings is 3.